The number of hydrogen-bond acceptors (Lipinski definition) is 9. The quantitative estimate of drug-likeness (QED) is 0.156. The summed E-state index contributed by atoms with van der Waals surface area (Å²) in [5.41, 5.74) is -5.05. The number of carboxylic acids is 1. The molecule has 0 aliphatic carbocycles. The molecule has 2 aromatic carbocycles. The first-order valence-corrected chi connectivity index (χ1v) is 18.7. The number of carboxylic acid groups (broad SMARTS) is 1. The standard InChI is InChI=1S/C19H18F5N5O2.C10H14F3N3O.C9H6F2N2O2/c1-9-7-28(8-10-6-25-17(29(9)10)18(2,31)19(22,23)24)16(30)15-11-4-12(20)13(21)5-14(11)27(3)26-15;1-6-3-14-4-7-5-15-8(16(6)7)9(2,17)10(11,12)13;1-13-7-3-6(11)5(10)2-4(7)8(12-13)9(14)15/h4-6,9,31H,7-8H2,1-3H3;5-6,14,17H,3-4H2,1-2H3;2-3H,1H3,(H,14,15)/t9-,18+;6-,9+;/m00./s1. The van der Waals surface area contributed by atoms with Crippen LogP contribution in [0, 0.1) is 23.3 Å². The molecule has 6 heterocycles. The molecular formula is C38H38F10N10O5. The normalized spacial score (nSPS) is 18.4. The van der Waals surface area contributed by atoms with Crippen molar-refractivity contribution in [2.24, 2.45) is 14.1 Å². The first-order valence-electron chi connectivity index (χ1n) is 18.7. The minimum atomic E-state index is -4.94. The van der Waals surface area contributed by atoms with Gasteiger partial charge in [0, 0.05) is 68.9 Å². The van der Waals surface area contributed by atoms with E-state index in [0.717, 1.165) is 31.2 Å². The number of halogens is 10. The lowest BCUT2D eigenvalue weighted by Gasteiger charge is -2.36. The molecule has 0 saturated heterocycles. The number of aliphatic hydroxyl groups is 2. The minimum Gasteiger partial charge on any atom is -0.476 e. The van der Waals surface area contributed by atoms with E-state index in [1.165, 1.54) is 49.9 Å². The molecule has 8 rings (SSSR count). The fourth-order valence-corrected chi connectivity index (χ4v) is 7.28. The van der Waals surface area contributed by atoms with Crippen molar-refractivity contribution >= 4 is 33.7 Å². The van der Waals surface area contributed by atoms with Crippen LogP contribution in [0.25, 0.3) is 21.8 Å². The van der Waals surface area contributed by atoms with E-state index in [1.54, 1.807) is 13.8 Å². The first kappa shape index (κ1) is 46.4. The van der Waals surface area contributed by atoms with Gasteiger partial charge in [-0.1, -0.05) is 0 Å². The second-order valence-corrected chi connectivity index (χ2v) is 15.4. The molecule has 0 fully saturated rings. The first-order chi connectivity index (χ1) is 29.1. The van der Waals surface area contributed by atoms with Gasteiger partial charge in [-0.25, -0.2) is 32.3 Å². The topological polar surface area (TPSA) is 181 Å². The summed E-state index contributed by atoms with van der Waals surface area (Å²) >= 11 is 0. The van der Waals surface area contributed by atoms with E-state index >= 15 is 0 Å². The van der Waals surface area contributed by atoms with Gasteiger partial charge >= 0.3 is 18.3 Å². The van der Waals surface area contributed by atoms with Crippen LogP contribution in [0.2, 0.25) is 0 Å². The minimum absolute atomic E-state index is 0.00484. The zero-order chi connectivity index (χ0) is 46.9. The highest BCUT2D eigenvalue weighted by Crippen LogP contribution is 2.41. The van der Waals surface area contributed by atoms with Gasteiger partial charge in [-0.3, -0.25) is 14.2 Å². The lowest BCUT2D eigenvalue weighted by Crippen LogP contribution is -2.45. The smallest absolute Gasteiger partial charge is 0.424 e. The summed E-state index contributed by atoms with van der Waals surface area (Å²) in [6, 6.07) is 2.79. The Morgan fingerprint density at radius 1 is 0.698 bits per heavy atom. The Morgan fingerprint density at radius 3 is 1.60 bits per heavy atom. The van der Waals surface area contributed by atoms with E-state index in [9.17, 15) is 63.7 Å². The van der Waals surface area contributed by atoms with Crippen LogP contribution in [-0.4, -0.2) is 96.2 Å². The number of imidazole rings is 2. The molecule has 0 spiro atoms. The summed E-state index contributed by atoms with van der Waals surface area (Å²) in [7, 11) is 2.95. The second-order valence-electron chi connectivity index (χ2n) is 15.4. The number of hydrogen-bond donors (Lipinski definition) is 4. The maximum atomic E-state index is 13.7. The van der Waals surface area contributed by atoms with Gasteiger partial charge in [0.05, 0.1) is 41.2 Å². The second kappa shape index (κ2) is 16.2. The molecule has 0 unspecified atom stereocenters. The van der Waals surface area contributed by atoms with Gasteiger partial charge < -0.3 is 34.7 Å². The third kappa shape index (κ3) is 8.30. The van der Waals surface area contributed by atoms with E-state index in [0.29, 0.717) is 31.4 Å². The fourth-order valence-electron chi connectivity index (χ4n) is 7.28. The number of aryl methyl sites for hydroxylation is 2. The molecular weight excluding hydrogens is 866 g/mol. The molecule has 63 heavy (non-hydrogen) atoms. The van der Waals surface area contributed by atoms with Crippen molar-refractivity contribution in [1.82, 2.24) is 48.9 Å². The third-order valence-electron chi connectivity index (χ3n) is 10.7. The van der Waals surface area contributed by atoms with Crippen molar-refractivity contribution in [2.45, 2.75) is 76.4 Å². The number of aromatic nitrogens is 8. The average molecular weight is 905 g/mol. The van der Waals surface area contributed by atoms with Gasteiger partial charge in [0.25, 0.3) is 5.91 Å². The molecule has 2 aliphatic heterocycles. The summed E-state index contributed by atoms with van der Waals surface area (Å²) in [5, 5.41) is 39.5. The molecule has 1 amide bonds. The van der Waals surface area contributed by atoms with Gasteiger partial charge in [-0.2, -0.15) is 36.5 Å². The number of amides is 1. The van der Waals surface area contributed by atoms with E-state index in [4.69, 9.17) is 5.11 Å². The number of nitrogens with one attached hydrogen (secondary N) is 1. The molecule has 4 N–H and O–H groups in total. The number of rotatable bonds is 4. The monoisotopic (exact) mass is 904 g/mol. The molecule has 4 atom stereocenters. The Labute approximate surface area is 349 Å². The summed E-state index contributed by atoms with van der Waals surface area (Å²) < 4.78 is 136. The zero-order valence-corrected chi connectivity index (χ0v) is 33.9. The van der Waals surface area contributed by atoms with Gasteiger partial charge in [0.15, 0.2) is 46.3 Å². The van der Waals surface area contributed by atoms with E-state index in [-0.39, 0.29) is 58.1 Å². The Hall–Kier alpha value is -6.08. The Kier molecular flexibility index (Phi) is 12.0. The van der Waals surface area contributed by atoms with Crippen molar-refractivity contribution in [3.8, 4) is 0 Å². The highest BCUT2D eigenvalue weighted by molar-refractivity contribution is 6.05. The number of fused-ring (bicyclic) bond motifs is 4. The molecule has 0 radical (unpaired) electrons. The van der Waals surface area contributed by atoms with Crippen LogP contribution in [-0.2, 0) is 38.4 Å². The summed E-state index contributed by atoms with van der Waals surface area (Å²) in [5.74, 6) is -7.07. The Balaban J connectivity index is 0.000000174. The number of aromatic carboxylic acids is 1. The van der Waals surface area contributed by atoms with Crippen LogP contribution >= 0.6 is 0 Å². The summed E-state index contributed by atoms with van der Waals surface area (Å²) in [6.07, 6.45) is -7.12. The average Bonchev–Trinajstić information content (AvgIpc) is 3.96. The predicted molar refractivity (Wildman–Crippen MR) is 200 cm³/mol. The van der Waals surface area contributed by atoms with E-state index in [1.807, 2.05) is 0 Å². The van der Waals surface area contributed by atoms with E-state index in [2.05, 4.69) is 25.5 Å². The summed E-state index contributed by atoms with van der Waals surface area (Å²) in [4.78, 5) is 32.7. The molecule has 4 aromatic heterocycles. The van der Waals surface area contributed by atoms with Crippen molar-refractivity contribution in [3.05, 3.63) is 94.4 Å². The van der Waals surface area contributed by atoms with Crippen LogP contribution in [0.5, 0.6) is 0 Å². The van der Waals surface area contributed by atoms with Gasteiger partial charge in [-0.05, 0) is 39.8 Å². The maximum absolute atomic E-state index is 13.7. The Bertz CT molecular complexity index is 2730. The van der Waals surface area contributed by atoms with Crippen LogP contribution in [0.4, 0.5) is 43.9 Å². The number of benzene rings is 2. The number of alkyl halides is 6. The Morgan fingerprint density at radius 2 is 1.13 bits per heavy atom. The molecule has 0 saturated carbocycles. The summed E-state index contributed by atoms with van der Waals surface area (Å²) in [6.45, 7) is 5.67. The molecule has 15 nitrogen and oxygen atoms in total. The van der Waals surface area contributed by atoms with E-state index < -0.39 is 70.6 Å². The maximum Gasteiger partial charge on any atom is 0.424 e. The van der Waals surface area contributed by atoms with Gasteiger partial charge in [0.2, 0.25) is 11.2 Å². The highest BCUT2D eigenvalue weighted by Gasteiger charge is 2.56. The fraction of sp³-hybridized carbons (Fsp3) is 0.421. The van der Waals surface area contributed by atoms with Crippen molar-refractivity contribution in [3.63, 3.8) is 0 Å². The number of carbonyl (C=O) groups is 2. The third-order valence-corrected chi connectivity index (χ3v) is 10.7. The zero-order valence-electron chi connectivity index (χ0n) is 33.9. The van der Waals surface area contributed by atoms with Crippen molar-refractivity contribution < 1.29 is 68.8 Å². The van der Waals surface area contributed by atoms with Crippen LogP contribution in [0.15, 0.2) is 36.7 Å². The lowest BCUT2D eigenvalue weighted by atomic mass is 10.0. The molecule has 6 aromatic rings. The van der Waals surface area contributed by atoms with Crippen LogP contribution in [0.1, 0.15) is 83.8 Å². The van der Waals surface area contributed by atoms with Crippen molar-refractivity contribution in [2.75, 3.05) is 13.1 Å². The van der Waals surface area contributed by atoms with Gasteiger partial charge in [0.1, 0.15) is 0 Å². The van der Waals surface area contributed by atoms with Gasteiger partial charge in [-0.15, -0.1) is 0 Å². The number of carbonyl (C=O) groups excluding carboxylic acids is 1. The van der Waals surface area contributed by atoms with Crippen molar-refractivity contribution in [1.29, 1.82) is 0 Å². The largest absolute Gasteiger partial charge is 0.476 e. The number of nitrogens with zero attached hydrogens (tertiary/aromatic N) is 9. The predicted octanol–water partition coefficient (Wildman–Crippen LogP) is 5.90. The molecule has 340 valence electrons. The molecule has 2 aliphatic rings. The SMILES string of the molecule is C[C@H]1CN(C(=O)c2nn(C)c3cc(F)c(F)cc23)Cc2cnc([C@@](C)(O)C(F)(F)F)n21.C[C@H]1CNCc2cnc([C@@](C)(O)C(F)(F)F)n21.Cn1nc(C(=O)O)c2cc(F)c(F)cc21. The highest BCUT2D eigenvalue weighted by atomic mass is 19.4. The molecule has 25 heteroatoms. The van der Waals surface area contributed by atoms with Crippen LogP contribution < -0.4 is 5.32 Å². The lowest BCUT2D eigenvalue weighted by molar-refractivity contribution is -0.263. The molecule has 0 bridgehead atoms. The van der Waals surface area contributed by atoms with Crippen LogP contribution in [0.3, 0.4) is 0 Å².